The lowest BCUT2D eigenvalue weighted by Gasteiger charge is -2.19. The van der Waals surface area contributed by atoms with Gasteiger partial charge in [-0.3, -0.25) is 0 Å². The van der Waals surface area contributed by atoms with E-state index in [9.17, 15) is 8.42 Å². The number of hydrogen-bond donors (Lipinski definition) is 2. The van der Waals surface area contributed by atoms with Crippen LogP contribution in [0.5, 0.6) is 0 Å². The third-order valence-corrected chi connectivity index (χ3v) is 5.38. The highest BCUT2D eigenvalue weighted by atomic mass is 32.2. The zero-order valence-electron chi connectivity index (χ0n) is 9.99. The number of thiophene rings is 1. The molecule has 0 radical (unpaired) electrons. The van der Waals surface area contributed by atoms with E-state index in [1.54, 1.807) is 6.07 Å². The van der Waals surface area contributed by atoms with Crippen molar-refractivity contribution in [3.63, 3.8) is 0 Å². The molecule has 4 nitrogen and oxygen atoms in total. The average molecular weight is 262 g/mol. The van der Waals surface area contributed by atoms with Crippen molar-refractivity contribution in [2.24, 2.45) is 5.73 Å². The number of nitrogens with one attached hydrogen (secondary N) is 1. The van der Waals surface area contributed by atoms with Crippen LogP contribution in [0.3, 0.4) is 0 Å². The normalized spacial score (nSPS) is 13.1. The van der Waals surface area contributed by atoms with E-state index in [0.717, 1.165) is 10.4 Å². The molecule has 0 bridgehead atoms. The minimum absolute atomic E-state index is 0.334. The SMILES string of the molecule is Cc1cc(S(=O)(=O)NC(C)(C)C)sc1CN. The molecule has 6 heteroatoms. The second-order valence-electron chi connectivity index (χ2n) is 4.73. The van der Waals surface area contributed by atoms with Crippen molar-refractivity contribution < 1.29 is 8.42 Å². The first-order valence-electron chi connectivity index (χ1n) is 4.99. The summed E-state index contributed by atoms with van der Waals surface area (Å²) in [7, 11) is -3.42. The smallest absolute Gasteiger partial charge is 0.250 e. The Morgan fingerprint density at radius 3 is 2.38 bits per heavy atom. The summed E-state index contributed by atoms with van der Waals surface area (Å²) in [5, 5.41) is 0. The molecular weight excluding hydrogens is 244 g/mol. The molecule has 1 aromatic rings. The molecule has 0 aliphatic heterocycles. The summed E-state index contributed by atoms with van der Waals surface area (Å²) in [6.45, 7) is 7.69. The summed E-state index contributed by atoms with van der Waals surface area (Å²) in [5.41, 5.74) is 5.99. The average Bonchev–Trinajstić information content (AvgIpc) is 2.43. The molecule has 0 amide bonds. The topological polar surface area (TPSA) is 72.2 Å². The first-order chi connectivity index (χ1) is 7.15. The van der Waals surface area contributed by atoms with Crippen molar-refractivity contribution in [3.8, 4) is 0 Å². The lowest BCUT2D eigenvalue weighted by atomic mass is 10.1. The maximum absolute atomic E-state index is 12.0. The molecular formula is C10H18N2O2S2. The third kappa shape index (κ3) is 3.28. The third-order valence-electron chi connectivity index (χ3n) is 1.89. The van der Waals surface area contributed by atoms with E-state index >= 15 is 0 Å². The van der Waals surface area contributed by atoms with Crippen molar-refractivity contribution in [2.45, 2.75) is 44.0 Å². The van der Waals surface area contributed by atoms with Gasteiger partial charge in [0.25, 0.3) is 10.0 Å². The van der Waals surface area contributed by atoms with Crippen molar-refractivity contribution in [3.05, 3.63) is 16.5 Å². The molecule has 0 spiro atoms. The first kappa shape index (κ1) is 13.6. The molecule has 16 heavy (non-hydrogen) atoms. The zero-order valence-corrected chi connectivity index (χ0v) is 11.6. The molecule has 0 saturated carbocycles. The number of aryl methyl sites for hydroxylation is 1. The van der Waals surface area contributed by atoms with Crippen LogP contribution in [0.4, 0.5) is 0 Å². The predicted octanol–water partition coefficient (Wildman–Crippen LogP) is 1.59. The van der Waals surface area contributed by atoms with E-state index in [1.165, 1.54) is 11.3 Å². The van der Waals surface area contributed by atoms with Gasteiger partial charge in [0.15, 0.2) is 0 Å². The largest absolute Gasteiger partial charge is 0.326 e. The van der Waals surface area contributed by atoms with Crippen molar-refractivity contribution in [1.82, 2.24) is 4.72 Å². The monoisotopic (exact) mass is 262 g/mol. The molecule has 1 aromatic heterocycles. The van der Waals surface area contributed by atoms with E-state index in [1.807, 2.05) is 27.7 Å². The second kappa shape index (κ2) is 4.44. The molecule has 0 aliphatic rings. The summed E-state index contributed by atoms with van der Waals surface area (Å²) in [4.78, 5) is 0.911. The molecule has 0 saturated heterocycles. The molecule has 1 rings (SSSR count). The summed E-state index contributed by atoms with van der Waals surface area (Å²) >= 11 is 1.23. The van der Waals surface area contributed by atoms with Gasteiger partial charge in [0.1, 0.15) is 4.21 Å². The van der Waals surface area contributed by atoms with Crippen molar-refractivity contribution in [2.75, 3.05) is 0 Å². The van der Waals surface area contributed by atoms with Gasteiger partial charge in [-0.2, -0.15) is 0 Å². The van der Waals surface area contributed by atoms with Crippen LogP contribution >= 0.6 is 11.3 Å². The van der Waals surface area contributed by atoms with Gasteiger partial charge in [-0.05, 0) is 39.3 Å². The van der Waals surface area contributed by atoms with Gasteiger partial charge >= 0.3 is 0 Å². The molecule has 92 valence electrons. The predicted molar refractivity (Wildman–Crippen MR) is 67.0 cm³/mol. The van der Waals surface area contributed by atoms with Gasteiger partial charge in [0, 0.05) is 17.0 Å². The quantitative estimate of drug-likeness (QED) is 0.869. The van der Waals surface area contributed by atoms with Crippen LogP contribution in [0.2, 0.25) is 0 Å². The molecule has 1 heterocycles. The van der Waals surface area contributed by atoms with Crippen molar-refractivity contribution in [1.29, 1.82) is 0 Å². The van der Waals surface area contributed by atoms with Crippen LogP contribution in [0, 0.1) is 6.92 Å². The minimum atomic E-state index is -3.42. The van der Waals surface area contributed by atoms with E-state index in [2.05, 4.69) is 4.72 Å². The van der Waals surface area contributed by atoms with E-state index in [4.69, 9.17) is 5.73 Å². The molecule has 3 N–H and O–H groups in total. The maximum atomic E-state index is 12.0. The second-order valence-corrected chi connectivity index (χ2v) is 7.78. The minimum Gasteiger partial charge on any atom is -0.326 e. The van der Waals surface area contributed by atoms with Crippen LogP contribution in [0.25, 0.3) is 0 Å². The zero-order chi connectivity index (χ0) is 12.6. The number of nitrogens with two attached hydrogens (primary N) is 1. The molecule has 0 aliphatic carbocycles. The Labute approximate surface area is 101 Å². The van der Waals surface area contributed by atoms with E-state index in [-0.39, 0.29) is 0 Å². The molecule has 0 unspecified atom stereocenters. The standard InChI is InChI=1S/C10H18N2O2S2/c1-7-5-9(15-8(7)6-11)16(13,14)12-10(2,3)4/h5,12H,6,11H2,1-4H3. The Kier molecular flexibility index (Phi) is 3.79. The summed E-state index contributed by atoms with van der Waals surface area (Å²) in [6, 6.07) is 1.67. The first-order valence-corrected chi connectivity index (χ1v) is 7.29. The summed E-state index contributed by atoms with van der Waals surface area (Å²) < 4.78 is 26.9. The highest BCUT2D eigenvalue weighted by Gasteiger charge is 2.24. The van der Waals surface area contributed by atoms with Gasteiger partial charge in [-0.25, -0.2) is 13.1 Å². The number of hydrogen-bond acceptors (Lipinski definition) is 4. The fourth-order valence-electron chi connectivity index (χ4n) is 1.28. The summed E-state index contributed by atoms with van der Waals surface area (Å²) in [5.74, 6) is 0. The van der Waals surface area contributed by atoms with Gasteiger partial charge in [0.05, 0.1) is 0 Å². The number of sulfonamides is 1. The van der Waals surface area contributed by atoms with Crippen LogP contribution in [-0.4, -0.2) is 14.0 Å². The van der Waals surface area contributed by atoms with Crippen LogP contribution in [0.1, 0.15) is 31.2 Å². The lowest BCUT2D eigenvalue weighted by Crippen LogP contribution is -2.40. The fraction of sp³-hybridized carbons (Fsp3) is 0.600. The van der Waals surface area contributed by atoms with Crippen molar-refractivity contribution >= 4 is 21.4 Å². The Hall–Kier alpha value is -0.430. The van der Waals surface area contributed by atoms with Gasteiger partial charge < -0.3 is 5.73 Å². The Morgan fingerprint density at radius 1 is 1.44 bits per heavy atom. The molecule has 0 aromatic carbocycles. The Balaban J connectivity index is 3.08. The van der Waals surface area contributed by atoms with Gasteiger partial charge in [0.2, 0.25) is 0 Å². The van der Waals surface area contributed by atoms with E-state index < -0.39 is 15.6 Å². The lowest BCUT2D eigenvalue weighted by molar-refractivity contribution is 0.492. The Bertz CT molecular complexity index is 469. The van der Waals surface area contributed by atoms with Gasteiger partial charge in [-0.15, -0.1) is 11.3 Å². The highest BCUT2D eigenvalue weighted by Crippen LogP contribution is 2.26. The van der Waals surface area contributed by atoms with Crippen LogP contribution < -0.4 is 10.5 Å². The van der Waals surface area contributed by atoms with Gasteiger partial charge in [-0.1, -0.05) is 0 Å². The highest BCUT2D eigenvalue weighted by molar-refractivity contribution is 7.91. The Morgan fingerprint density at radius 2 is 2.00 bits per heavy atom. The molecule has 0 atom stereocenters. The number of rotatable bonds is 3. The summed E-state index contributed by atoms with van der Waals surface area (Å²) in [6.07, 6.45) is 0. The maximum Gasteiger partial charge on any atom is 0.250 e. The fourth-order valence-corrected chi connectivity index (χ4v) is 4.16. The van der Waals surface area contributed by atoms with Crippen LogP contribution in [0.15, 0.2) is 10.3 Å². The van der Waals surface area contributed by atoms with Crippen LogP contribution in [-0.2, 0) is 16.6 Å². The molecule has 0 fully saturated rings. The van der Waals surface area contributed by atoms with E-state index in [0.29, 0.717) is 10.8 Å².